The number of allylic oxidation sites excluding steroid dienone is 1. The highest BCUT2D eigenvalue weighted by Gasteiger charge is 2.54. The molecule has 0 amide bonds. The molecular formula is C24H19BrO2. The molecule has 4 rings (SSSR count). The molecule has 0 radical (unpaired) electrons. The van der Waals surface area contributed by atoms with E-state index < -0.39 is 0 Å². The summed E-state index contributed by atoms with van der Waals surface area (Å²) in [6, 6.07) is 28.3. The van der Waals surface area contributed by atoms with Crippen LogP contribution in [-0.2, 0) is 10.2 Å². The third-order valence-electron chi connectivity index (χ3n) is 5.09. The first kappa shape index (κ1) is 17.7. The molecule has 0 spiro atoms. The maximum Gasteiger partial charge on any atom is 0.335 e. The van der Waals surface area contributed by atoms with Crippen LogP contribution in [0.4, 0.5) is 0 Å². The van der Waals surface area contributed by atoms with Crippen LogP contribution in [0.3, 0.4) is 0 Å². The monoisotopic (exact) mass is 418 g/mol. The normalized spacial score (nSPS) is 17.6. The molecule has 0 aliphatic heterocycles. The van der Waals surface area contributed by atoms with Gasteiger partial charge in [0.1, 0.15) is 5.75 Å². The van der Waals surface area contributed by atoms with Crippen LogP contribution in [0.15, 0.2) is 102 Å². The standard InChI is InChI=1S/C24H19BrO2/c25-21-12-14-22(15-13-21)27-23(26)16-11-20-17-24(20,18-7-3-1-4-8-18)19-9-5-2-6-10-19/h1-16,20H,17H2/t20-/m0/s1. The number of carbonyl (C=O) groups excluding carboxylic acids is 1. The topological polar surface area (TPSA) is 26.3 Å². The number of ether oxygens (including phenoxy) is 1. The number of halogens is 1. The van der Waals surface area contributed by atoms with Crippen LogP contribution in [0.5, 0.6) is 5.75 Å². The molecule has 0 saturated heterocycles. The SMILES string of the molecule is O=C(C=C[C@H]1CC1(c1ccccc1)c1ccccc1)Oc1ccc(Br)cc1. The Bertz CT molecular complexity index is 907. The molecule has 0 unspecified atom stereocenters. The van der Waals surface area contributed by atoms with E-state index in [1.807, 2.05) is 30.3 Å². The lowest BCUT2D eigenvalue weighted by molar-refractivity contribution is -0.129. The number of benzene rings is 3. The highest BCUT2D eigenvalue weighted by molar-refractivity contribution is 9.10. The van der Waals surface area contributed by atoms with E-state index >= 15 is 0 Å². The smallest absolute Gasteiger partial charge is 0.335 e. The van der Waals surface area contributed by atoms with Crippen molar-refractivity contribution in [1.29, 1.82) is 0 Å². The summed E-state index contributed by atoms with van der Waals surface area (Å²) in [6.45, 7) is 0. The van der Waals surface area contributed by atoms with Crippen LogP contribution >= 0.6 is 15.9 Å². The Labute approximate surface area is 167 Å². The molecule has 3 aromatic rings. The molecule has 27 heavy (non-hydrogen) atoms. The molecule has 3 heteroatoms. The molecule has 0 aromatic heterocycles. The molecule has 1 aliphatic rings. The zero-order chi connectivity index (χ0) is 18.7. The number of esters is 1. The van der Waals surface area contributed by atoms with Gasteiger partial charge < -0.3 is 4.74 Å². The van der Waals surface area contributed by atoms with Crippen molar-refractivity contribution in [3.63, 3.8) is 0 Å². The second kappa shape index (κ2) is 7.53. The van der Waals surface area contributed by atoms with Gasteiger partial charge in [-0.3, -0.25) is 0 Å². The average Bonchev–Trinajstić information content (AvgIpc) is 3.45. The van der Waals surface area contributed by atoms with Gasteiger partial charge >= 0.3 is 5.97 Å². The van der Waals surface area contributed by atoms with Crippen LogP contribution in [-0.4, -0.2) is 5.97 Å². The fraction of sp³-hybridized carbons (Fsp3) is 0.125. The number of hydrogen-bond donors (Lipinski definition) is 0. The Balaban J connectivity index is 1.53. The van der Waals surface area contributed by atoms with E-state index in [0.29, 0.717) is 5.75 Å². The van der Waals surface area contributed by atoms with Gasteiger partial charge in [-0.1, -0.05) is 82.7 Å². The Morgan fingerprint density at radius 1 is 0.889 bits per heavy atom. The second-order valence-corrected chi connectivity index (χ2v) is 7.66. The van der Waals surface area contributed by atoms with Crippen LogP contribution in [0.25, 0.3) is 0 Å². The maximum atomic E-state index is 12.2. The van der Waals surface area contributed by atoms with Crippen molar-refractivity contribution >= 4 is 21.9 Å². The number of rotatable bonds is 5. The molecule has 3 aromatic carbocycles. The minimum absolute atomic E-state index is 0.0586. The molecule has 0 bridgehead atoms. The van der Waals surface area contributed by atoms with Crippen molar-refractivity contribution < 1.29 is 9.53 Å². The van der Waals surface area contributed by atoms with E-state index in [1.165, 1.54) is 11.1 Å². The van der Waals surface area contributed by atoms with E-state index in [2.05, 4.69) is 64.5 Å². The second-order valence-electron chi connectivity index (χ2n) is 6.75. The minimum Gasteiger partial charge on any atom is -0.423 e. The highest BCUT2D eigenvalue weighted by atomic mass is 79.9. The Hall–Kier alpha value is -2.65. The van der Waals surface area contributed by atoms with Crippen molar-refractivity contribution in [2.24, 2.45) is 5.92 Å². The van der Waals surface area contributed by atoms with E-state index in [4.69, 9.17) is 4.74 Å². The van der Waals surface area contributed by atoms with Crippen molar-refractivity contribution in [2.75, 3.05) is 0 Å². The first-order chi connectivity index (χ1) is 13.2. The predicted octanol–water partition coefficient (Wildman–Crippen LogP) is 5.92. The van der Waals surface area contributed by atoms with Gasteiger partial charge in [0.05, 0.1) is 0 Å². The summed E-state index contributed by atoms with van der Waals surface area (Å²) >= 11 is 3.37. The molecule has 1 aliphatic carbocycles. The first-order valence-corrected chi connectivity index (χ1v) is 9.74. The molecule has 2 nitrogen and oxygen atoms in total. The molecule has 134 valence electrons. The molecule has 1 atom stereocenters. The van der Waals surface area contributed by atoms with E-state index in [9.17, 15) is 4.79 Å². The number of carbonyl (C=O) groups is 1. The van der Waals surface area contributed by atoms with Crippen LogP contribution < -0.4 is 4.74 Å². The van der Waals surface area contributed by atoms with Crippen LogP contribution in [0.1, 0.15) is 17.5 Å². The van der Waals surface area contributed by atoms with Gasteiger partial charge in [-0.15, -0.1) is 0 Å². The van der Waals surface area contributed by atoms with E-state index in [-0.39, 0.29) is 17.3 Å². The third kappa shape index (κ3) is 3.74. The third-order valence-corrected chi connectivity index (χ3v) is 5.62. The van der Waals surface area contributed by atoms with Gasteiger partial charge in [0.25, 0.3) is 0 Å². The largest absolute Gasteiger partial charge is 0.423 e. The first-order valence-electron chi connectivity index (χ1n) is 8.95. The molecule has 1 saturated carbocycles. The predicted molar refractivity (Wildman–Crippen MR) is 111 cm³/mol. The van der Waals surface area contributed by atoms with Crippen molar-refractivity contribution in [3.05, 3.63) is 113 Å². The Morgan fingerprint density at radius 3 is 2.00 bits per heavy atom. The summed E-state index contributed by atoms with van der Waals surface area (Å²) < 4.78 is 6.33. The van der Waals surface area contributed by atoms with Gasteiger partial charge in [-0.25, -0.2) is 4.79 Å². The van der Waals surface area contributed by atoms with Gasteiger partial charge in [0.15, 0.2) is 0 Å². The summed E-state index contributed by atoms with van der Waals surface area (Å²) in [4.78, 5) is 12.2. The molecular weight excluding hydrogens is 400 g/mol. The summed E-state index contributed by atoms with van der Waals surface area (Å²) in [6.07, 6.45) is 4.53. The zero-order valence-electron chi connectivity index (χ0n) is 14.7. The fourth-order valence-corrected chi connectivity index (χ4v) is 3.93. The summed E-state index contributed by atoms with van der Waals surface area (Å²) in [5, 5.41) is 0. The van der Waals surface area contributed by atoms with Crippen LogP contribution in [0.2, 0.25) is 0 Å². The minimum atomic E-state index is -0.348. The Kier molecular flexibility index (Phi) is 4.95. The van der Waals surface area contributed by atoms with Crippen LogP contribution in [0, 0.1) is 5.92 Å². The van der Waals surface area contributed by atoms with Crippen molar-refractivity contribution in [2.45, 2.75) is 11.8 Å². The van der Waals surface area contributed by atoms with Crippen molar-refractivity contribution in [1.82, 2.24) is 0 Å². The van der Waals surface area contributed by atoms with E-state index in [1.54, 1.807) is 18.2 Å². The molecule has 0 N–H and O–H groups in total. The van der Waals surface area contributed by atoms with Gasteiger partial charge in [0.2, 0.25) is 0 Å². The van der Waals surface area contributed by atoms with Gasteiger partial charge in [-0.05, 0) is 47.7 Å². The number of hydrogen-bond acceptors (Lipinski definition) is 2. The lowest BCUT2D eigenvalue weighted by Crippen LogP contribution is -2.12. The fourth-order valence-electron chi connectivity index (χ4n) is 3.67. The Morgan fingerprint density at radius 2 is 1.44 bits per heavy atom. The maximum absolute atomic E-state index is 12.2. The lowest BCUT2D eigenvalue weighted by Gasteiger charge is -2.18. The zero-order valence-corrected chi connectivity index (χ0v) is 16.3. The van der Waals surface area contributed by atoms with Gasteiger partial charge in [-0.2, -0.15) is 0 Å². The quantitative estimate of drug-likeness (QED) is 0.292. The summed E-state index contributed by atoms with van der Waals surface area (Å²) in [7, 11) is 0. The summed E-state index contributed by atoms with van der Waals surface area (Å²) in [5.41, 5.74) is 2.51. The average molecular weight is 419 g/mol. The molecule has 1 fully saturated rings. The van der Waals surface area contributed by atoms with Gasteiger partial charge in [0, 0.05) is 16.0 Å². The van der Waals surface area contributed by atoms with E-state index in [0.717, 1.165) is 10.9 Å². The van der Waals surface area contributed by atoms with Crippen molar-refractivity contribution in [3.8, 4) is 5.75 Å². The lowest BCUT2D eigenvalue weighted by atomic mass is 9.85. The molecule has 0 heterocycles. The summed E-state index contributed by atoms with van der Waals surface area (Å²) in [5.74, 6) is 0.472. The highest BCUT2D eigenvalue weighted by Crippen LogP contribution is 2.59.